The zero-order chi connectivity index (χ0) is 16.8. The number of rotatable bonds is 7. The summed E-state index contributed by atoms with van der Waals surface area (Å²) in [6.45, 7) is -0.591. The van der Waals surface area contributed by atoms with Gasteiger partial charge in [-0.25, -0.2) is 0 Å². The Kier molecular flexibility index (Phi) is 6.06. The van der Waals surface area contributed by atoms with Crippen LogP contribution in [0.2, 0.25) is 0 Å². The molecule has 2 aromatic rings. The maximum absolute atomic E-state index is 12.1. The molecule has 4 nitrogen and oxygen atoms in total. The molecule has 0 bridgehead atoms. The Bertz CT molecular complexity index is 618. The van der Waals surface area contributed by atoms with Crippen molar-refractivity contribution >= 4 is 22.9 Å². The number of anilines is 1. The maximum Gasteiger partial charge on any atom is 0.387 e. The van der Waals surface area contributed by atoms with Gasteiger partial charge in [0.15, 0.2) is 0 Å². The monoisotopic (exact) mass is 340 g/mol. The average Bonchev–Trinajstić information content (AvgIpc) is 3.02. The highest BCUT2D eigenvalue weighted by molar-refractivity contribution is 7.10. The molecular formula is C16H18F2N2O2S. The summed E-state index contributed by atoms with van der Waals surface area (Å²) in [5.41, 5.74) is 0.536. The number of nitrogens with zero attached hydrogens (tertiary/aromatic N) is 1. The van der Waals surface area contributed by atoms with Gasteiger partial charge in [-0.05, 0) is 49.7 Å². The SMILES string of the molecule is C[C@@H](c1cccs1)N(C)CC(=O)Nc1ccc(OC(F)F)cc1. The van der Waals surface area contributed by atoms with E-state index in [1.807, 2.05) is 36.4 Å². The summed E-state index contributed by atoms with van der Waals surface area (Å²) in [5.74, 6) is -0.111. The van der Waals surface area contributed by atoms with Crippen molar-refractivity contribution in [2.24, 2.45) is 0 Å². The van der Waals surface area contributed by atoms with Crippen LogP contribution < -0.4 is 10.1 Å². The van der Waals surface area contributed by atoms with E-state index in [2.05, 4.69) is 10.1 Å². The number of likely N-dealkylation sites (N-methyl/N-ethyl adjacent to an activating group) is 1. The van der Waals surface area contributed by atoms with Crippen LogP contribution in [0.25, 0.3) is 0 Å². The number of ether oxygens (including phenoxy) is 1. The van der Waals surface area contributed by atoms with E-state index in [1.165, 1.54) is 29.1 Å². The van der Waals surface area contributed by atoms with Gasteiger partial charge >= 0.3 is 6.61 Å². The number of carbonyl (C=O) groups excluding carboxylic acids is 1. The van der Waals surface area contributed by atoms with Crippen LogP contribution in [0, 0.1) is 0 Å². The lowest BCUT2D eigenvalue weighted by atomic mass is 10.2. The molecule has 0 aliphatic carbocycles. The second-order valence-electron chi connectivity index (χ2n) is 5.06. The first-order valence-corrected chi connectivity index (χ1v) is 7.92. The molecule has 0 fully saturated rings. The standard InChI is InChI=1S/C16H18F2N2O2S/c1-11(14-4-3-9-23-14)20(2)10-15(21)19-12-5-7-13(8-6-12)22-16(17)18/h3-9,11,16H,10H2,1-2H3,(H,19,21)/t11-/m0/s1. The van der Waals surface area contributed by atoms with Crippen molar-refractivity contribution in [2.75, 3.05) is 18.9 Å². The smallest absolute Gasteiger partial charge is 0.387 e. The van der Waals surface area contributed by atoms with Gasteiger partial charge in [-0.3, -0.25) is 9.69 Å². The fourth-order valence-electron chi connectivity index (χ4n) is 2.03. The van der Waals surface area contributed by atoms with Gasteiger partial charge in [0.1, 0.15) is 5.75 Å². The van der Waals surface area contributed by atoms with E-state index in [9.17, 15) is 13.6 Å². The Balaban J connectivity index is 1.86. The van der Waals surface area contributed by atoms with E-state index < -0.39 is 6.61 Å². The van der Waals surface area contributed by atoms with E-state index in [1.54, 1.807) is 11.3 Å². The van der Waals surface area contributed by atoms with Crippen LogP contribution in [0.3, 0.4) is 0 Å². The predicted molar refractivity (Wildman–Crippen MR) is 87.1 cm³/mol. The van der Waals surface area contributed by atoms with Crippen LogP contribution in [0.4, 0.5) is 14.5 Å². The molecule has 1 N–H and O–H groups in total. The molecule has 1 aromatic heterocycles. The van der Waals surface area contributed by atoms with Crippen LogP contribution in [-0.2, 0) is 4.79 Å². The van der Waals surface area contributed by atoms with Crippen molar-refractivity contribution in [1.29, 1.82) is 0 Å². The van der Waals surface area contributed by atoms with Crippen LogP contribution in [0.15, 0.2) is 41.8 Å². The van der Waals surface area contributed by atoms with Gasteiger partial charge in [0.25, 0.3) is 0 Å². The molecule has 7 heteroatoms. The molecule has 0 aliphatic heterocycles. The molecule has 124 valence electrons. The lowest BCUT2D eigenvalue weighted by Gasteiger charge is -2.23. The van der Waals surface area contributed by atoms with Gasteiger partial charge < -0.3 is 10.1 Å². The summed E-state index contributed by atoms with van der Waals surface area (Å²) < 4.78 is 28.4. The third-order valence-electron chi connectivity index (χ3n) is 3.37. The third kappa shape index (κ3) is 5.30. The number of hydrogen-bond donors (Lipinski definition) is 1. The number of amides is 1. The molecule has 0 saturated carbocycles. The minimum Gasteiger partial charge on any atom is -0.435 e. The highest BCUT2D eigenvalue weighted by atomic mass is 32.1. The van der Waals surface area contributed by atoms with Gasteiger partial charge in [0.05, 0.1) is 6.54 Å². The number of thiophene rings is 1. The van der Waals surface area contributed by atoms with Crippen molar-refractivity contribution in [3.05, 3.63) is 46.7 Å². The van der Waals surface area contributed by atoms with Crippen LogP contribution in [0.1, 0.15) is 17.8 Å². The molecule has 1 atom stereocenters. The number of alkyl halides is 2. The Hall–Kier alpha value is -1.99. The van der Waals surface area contributed by atoms with Gasteiger partial charge in [-0.15, -0.1) is 11.3 Å². The quantitative estimate of drug-likeness (QED) is 0.829. The Morgan fingerprint density at radius 3 is 2.57 bits per heavy atom. The van der Waals surface area contributed by atoms with Gasteiger partial charge in [-0.2, -0.15) is 8.78 Å². The Morgan fingerprint density at radius 1 is 1.30 bits per heavy atom. The van der Waals surface area contributed by atoms with Crippen molar-refractivity contribution < 1.29 is 18.3 Å². The Labute approximate surface area is 137 Å². The molecule has 1 heterocycles. The van der Waals surface area contributed by atoms with Crippen molar-refractivity contribution in [3.63, 3.8) is 0 Å². The fourth-order valence-corrected chi connectivity index (χ4v) is 2.88. The molecule has 2 rings (SSSR count). The minimum atomic E-state index is -2.86. The van der Waals surface area contributed by atoms with Crippen LogP contribution in [-0.4, -0.2) is 31.0 Å². The number of carbonyl (C=O) groups is 1. The van der Waals surface area contributed by atoms with E-state index in [0.717, 1.165) is 0 Å². The molecule has 0 radical (unpaired) electrons. The molecule has 1 aromatic carbocycles. The van der Waals surface area contributed by atoms with E-state index in [-0.39, 0.29) is 24.2 Å². The second-order valence-corrected chi connectivity index (χ2v) is 6.04. The molecule has 1 amide bonds. The minimum absolute atomic E-state index is 0.0569. The largest absolute Gasteiger partial charge is 0.435 e. The van der Waals surface area contributed by atoms with E-state index >= 15 is 0 Å². The van der Waals surface area contributed by atoms with Gasteiger partial charge in [0, 0.05) is 16.6 Å². The first kappa shape index (κ1) is 17.4. The highest BCUT2D eigenvalue weighted by Crippen LogP contribution is 2.23. The average molecular weight is 340 g/mol. The first-order valence-electron chi connectivity index (χ1n) is 7.04. The summed E-state index contributed by atoms with van der Waals surface area (Å²) in [5, 5.41) is 4.74. The van der Waals surface area contributed by atoms with Crippen LogP contribution in [0.5, 0.6) is 5.75 Å². The van der Waals surface area contributed by atoms with E-state index in [4.69, 9.17) is 0 Å². The number of halogens is 2. The first-order chi connectivity index (χ1) is 11.0. The molecule has 23 heavy (non-hydrogen) atoms. The van der Waals surface area contributed by atoms with Crippen molar-refractivity contribution in [1.82, 2.24) is 4.90 Å². The summed E-state index contributed by atoms with van der Waals surface area (Å²) >= 11 is 1.65. The predicted octanol–water partition coefficient (Wildman–Crippen LogP) is 3.98. The number of benzene rings is 1. The van der Waals surface area contributed by atoms with Crippen molar-refractivity contribution in [3.8, 4) is 5.75 Å². The number of hydrogen-bond acceptors (Lipinski definition) is 4. The highest BCUT2D eigenvalue weighted by Gasteiger charge is 2.15. The summed E-state index contributed by atoms with van der Waals surface area (Å²) in [6, 6.07) is 9.98. The van der Waals surface area contributed by atoms with Crippen molar-refractivity contribution in [2.45, 2.75) is 19.6 Å². The molecule has 0 spiro atoms. The van der Waals surface area contributed by atoms with E-state index in [0.29, 0.717) is 5.69 Å². The topological polar surface area (TPSA) is 41.6 Å². The summed E-state index contributed by atoms with van der Waals surface area (Å²) in [6.07, 6.45) is 0. The molecular weight excluding hydrogens is 322 g/mol. The third-order valence-corrected chi connectivity index (χ3v) is 4.41. The Morgan fingerprint density at radius 2 is 2.00 bits per heavy atom. The zero-order valence-electron chi connectivity index (χ0n) is 12.8. The normalized spacial score (nSPS) is 12.4. The maximum atomic E-state index is 12.1. The van der Waals surface area contributed by atoms with Gasteiger partial charge in [0.2, 0.25) is 5.91 Å². The van der Waals surface area contributed by atoms with Crippen LogP contribution >= 0.6 is 11.3 Å². The second kappa shape index (κ2) is 8.03. The lowest BCUT2D eigenvalue weighted by molar-refractivity contribution is -0.117. The number of nitrogens with one attached hydrogen (secondary N) is 1. The summed E-state index contributed by atoms with van der Waals surface area (Å²) in [4.78, 5) is 15.2. The molecule has 0 aliphatic rings. The zero-order valence-corrected chi connectivity index (χ0v) is 13.6. The fraction of sp³-hybridized carbons (Fsp3) is 0.312. The molecule has 0 saturated heterocycles. The lowest BCUT2D eigenvalue weighted by Crippen LogP contribution is -2.31. The van der Waals surface area contributed by atoms with Gasteiger partial charge in [-0.1, -0.05) is 6.07 Å². The molecule has 0 unspecified atom stereocenters. The summed E-state index contributed by atoms with van der Waals surface area (Å²) in [7, 11) is 1.88.